The predicted molar refractivity (Wildman–Crippen MR) is 103 cm³/mol. The number of nitrogens with zero attached hydrogens (tertiary/aromatic N) is 1. The van der Waals surface area contributed by atoms with Gasteiger partial charge in [-0.3, -0.25) is 0 Å². The normalized spacial score (nSPS) is 13.2. The Morgan fingerprint density at radius 2 is 1.77 bits per heavy atom. The first kappa shape index (κ1) is 16.7. The molecule has 0 saturated heterocycles. The molecule has 0 atom stereocenters. The second-order valence-electron chi connectivity index (χ2n) is 6.67. The number of nitrogens with one attached hydrogen (secondary N) is 1. The lowest BCUT2D eigenvalue weighted by molar-refractivity contribution is 0.323. The SMILES string of the molecule is c1ccc(CCOc2ccccc2NCc2noc3c2CCCC3)cc1. The molecular formula is C22H24N2O2. The summed E-state index contributed by atoms with van der Waals surface area (Å²) in [6.07, 6.45) is 5.41. The molecule has 0 fully saturated rings. The van der Waals surface area contributed by atoms with Crippen LogP contribution in [0.1, 0.15) is 35.4 Å². The van der Waals surface area contributed by atoms with Crippen LogP contribution in [0.15, 0.2) is 59.1 Å². The second kappa shape index (κ2) is 8.09. The summed E-state index contributed by atoms with van der Waals surface area (Å²) in [5.41, 5.74) is 4.60. The van der Waals surface area contributed by atoms with Gasteiger partial charge in [-0.25, -0.2) is 0 Å². The number of benzene rings is 2. The van der Waals surface area contributed by atoms with E-state index in [4.69, 9.17) is 9.26 Å². The minimum atomic E-state index is 0.655. The van der Waals surface area contributed by atoms with Crippen molar-refractivity contribution in [1.29, 1.82) is 0 Å². The molecule has 1 N–H and O–H groups in total. The highest BCUT2D eigenvalue weighted by atomic mass is 16.5. The van der Waals surface area contributed by atoms with Crippen LogP contribution in [0, 0.1) is 0 Å². The number of anilines is 1. The van der Waals surface area contributed by atoms with Crippen LogP contribution in [0.4, 0.5) is 5.69 Å². The van der Waals surface area contributed by atoms with E-state index in [1.807, 2.05) is 30.3 Å². The number of ether oxygens (including phenoxy) is 1. The predicted octanol–water partition coefficient (Wildman–Crippen LogP) is 4.79. The van der Waals surface area contributed by atoms with Crippen LogP contribution in [-0.2, 0) is 25.8 Å². The maximum absolute atomic E-state index is 6.02. The van der Waals surface area contributed by atoms with E-state index in [9.17, 15) is 0 Å². The van der Waals surface area contributed by atoms with E-state index < -0.39 is 0 Å². The van der Waals surface area contributed by atoms with Gasteiger partial charge in [0.1, 0.15) is 17.2 Å². The van der Waals surface area contributed by atoms with Gasteiger partial charge in [-0.1, -0.05) is 47.6 Å². The molecule has 1 aliphatic carbocycles. The van der Waals surface area contributed by atoms with Crippen LogP contribution in [0.3, 0.4) is 0 Å². The van der Waals surface area contributed by atoms with Crippen LogP contribution >= 0.6 is 0 Å². The molecule has 4 heteroatoms. The molecule has 1 aliphatic rings. The van der Waals surface area contributed by atoms with Crippen LogP contribution in [0.5, 0.6) is 5.75 Å². The molecule has 1 aromatic heterocycles. The third-order valence-corrected chi connectivity index (χ3v) is 4.86. The number of para-hydroxylation sites is 2. The summed E-state index contributed by atoms with van der Waals surface area (Å²) in [7, 11) is 0. The van der Waals surface area contributed by atoms with E-state index in [0.29, 0.717) is 13.2 Å². The highest BCUT2D eigenvalue weighted by molar-refractivity contribution is 5.56. The Bertz CT molecular complexity index is 842. The first-order valence-corrected chi connectivity index (χ1v) is 9.36. The quantitative estimate of drug-likeness (QED) is 0.667. The lowest BCUT2D eigenvalue weighted by Gasteiger charge is -2.14. The van der Waals surface area contributed by atoms with Gasteiger partial charge in [-0.05, 0) is 37.0 Å². The maximum Gasteiger partial charge on any atom is 0.142 e. The van der Waals surface area contributed by atoms with Crippen molar-refractivity contribution in [3.05, 3.63) is 77.2 Å². The van der Waals surface area contributed by atoms with Gasteiger partial charge in [0.15, 0.2) is 0 Å². The van der Waals surface area contributed by atoms with E-state index in [2.05, 4.69) is 34.7 Å². The molecule has 0 saturated carbocycles. The van der Waals surface area contributed by atoms with Gasteiger partial charge < -0.3 is 14.6 Å². The first-order chi connectivity index (χ1) is 12.9. The summed E-state index contributed by atoms with van der Waals surface area (Å²) < 4.78 is 11.5. The van der Waals surface area contributed by atoms with Gasteiger partial charge >= 0.3 is 0 Å². The Kier molecular flexibility index (Phi) is 5.19. The summed E-state index contributed by atoms with van der Waals surface area (Å²) in [4.78, 5) is 0. The van der Waals surface area contributed by atoms with E-state index in [1.165, 1.54) is 24.0 Å². The average Bonchev–Trinajstić information content (AvgIpc) is 3.11. The number of hydrogen-bond acceptors (Lipinski definition) is 4. The zero-order valence-electron chi connectivity index (χ0n) is 14.9. The Labute approximate surface area is 154 Å². The number of aromatic nitrogens is 1. The van der Waals surface area contributed by atoms with Gasteiger partial charge in [0, 0.05) is 18.4 Å². The highest BCUT2D eigenvalue weighted by Crippen LogP contribution is 2.27. The molecule has 0 spiro atoms. The Morgan fingerprint density at radius 3 is 2.69 bits per heavy atom. The fourth-order valence-electron chi connectivity index (χ4n) is 3.43. The van der Waals surface area contributed by atoms with Crippen LogP contribution in [-0.4, -0.2) is 11.8 Å². The van der Waals surface area contributed by atoms with Gasteiger partial charge in [0.2, 0.25) is 0 Å². The molecule has 0 bridgehead atoms. The topological polar surface area (TPSA) is 47.3 Å². The summed E-state index contributed by atoms with van der Waals surface area (Å²) in [6, 6.07) is 18.5. The average molecular weight is 348 g/mol. The smallest absolute Gasteiger partial charge is 0.142 e. The monoisotopic (exact) mass is 348 g/mol. The molecule has 1 heterocycles. The van der Waals surface area contributed by atoms with Crippen molar-refractivity contribution in [1.82, 2.24) is 5.16 Å². The Morgan fingerprint density at radius 1 is 0.962 bits per heavy atom. The minimum absolute atomic E-state index is 0.655. The van der Waals surface area contributed by atoms with Gasteiger partial charge in [-0.2, -0.15) is 0 Å². The van der Waals surface area contributed by atoms with Crippen LogP contribution in [0.2, 0.25) is 0 Å². The largest absolute Gasteiger partial charge is 0.491 e. The van der Waals surface area contributed by atoms with Gasteiger partial charge in [-0.15, -0.1) is 0 Å². The third kappa shape index (κ3) is 3.90. The van der Waals surface area contributed by atoms with Crippen molar-refractivity contribution in [2.24, 2.45) is 0 Å². The fourth-order valence-corrected chi connectivity index (χ4v) is 3.43. The highest BCUT2D eigenvalue weighted by Gasteiger charge is 2.19. The number of aryl methyl sites for hydroxylation is 1. The standard InChI is InChI=1S/C22H24N2O2/c1-2-8-17(9-3-1)14-15-25-22-13-7-5-11-19(22)23-16-20-18-10-4-6-12-21(18)26-24-20/h1-3,5,7-9,11,13,23H,4,6,10,12,14-16H2. The first-order valence-electron chi connectivity index (χ1n) is 9.36. The van der Waals surface area contributed by atoms with Crippen molar-refractivity contribution >= 4 is 5.69 Å². The second-order valence-corrected chi connectivity index (χ2v) is 6.67. The third-order valence-electron chi connectivity index (χ3n) is 4.86. The number of fused-ring (bicyclic) bond motifs is 1. The molecule has 0 amide bonds. The molecule has 0 unspecified atom stereocenters. The van der Waals surface area contributed by atoms with Crippen LogP contribution < -0.4 is 10.1 Å². The lowest BCUT2D eigenvalue weighted by Crippen LogP contribution is -2.08. The molecule has 0 aliphatic heterocycles. The minimum Gasteiger partial charge on any atom is -0.491 e. The molecular weight excluding hydrogens is 324 g/mol. The van der Waals surface area contributed by atoms with E-state index in [0.717, 1.165) is 42.2 Å². The van der Waals surface area contributed by atoms with Crippen molar-refractivity contribution in [3.8, 4) is 5.75 Å². The molecule has 4 rings (SSSR count). The molecule has 0 radical (unpaired) electrons. The van der Waals surface area contributed by atoms with E-state index in [1.54, 1.807) is 0 Å². The number of rotatable bonds is 7. The zero-order valence-corrected chi connectivity index (χ0v) is 14.9. The van der Waals surface area contributed by atoms with Crippen LogP contribution in [0.25, 0.3) is 0 Å². The summed E-state index contributed by atoms with van der Waals surface area (Å²) >= 11 is 0. The van der Waals surface area contributed by atoms with E-state index >= 15 is 0 Å². The Hall–Kier alpha value is -2.75. The molecule has 2 aromatic carbocycles. The summed E-state index contributed by atoms with van der Waals surface area (Å²) in [5.74, 6) is 1.95. The zero-order chi connectivity index (χ0) is 17.6. The number of hydrogen-bond donors (Lipinski definition) is 1. The fraction of sp³-hybridized carbons (Fsp3) is 0.318. The molecule has 134 valence electrons. The summed E-state index contributed by atoms with van der Waals surface area (Å²) in [5, 5.41) is 7.73. The Balaban J connectivity index is 1.37. The van der Waals surface area contributed by atoms with E-state index in [-0.39, 0.29) is 0 Å². The van der Waals surface area contributed by atoms with Crippen molar-refractivity contribution < 1.29 is 9.26 Å². The van der Waals surface area contributed by atoms with Gasteiger partial charge in [0.25, 0.3) is 0 Å². The van der Waals surface area contributed by atoms with Crippen molar-refractivity contribution in [2.75, 3.05) is 11.9 Å². The lowest BCUT2D eigenvalue weighted by atomic mass is 9.96. The van der Waals surface area contributed by atoms with Crippen molar-refractivity contribution in [2.45, 2.75) is 38.6 Å². The van der Waals surface area contributed by atoms with Gasteiger partial charge in [0.05, 0.1) is 18.8 Å². The van der Waals surface area contributed by atoms with Crippen molar-refractivity contribution in [3.63, 3.8) is 0 Å². The molecule has 4 nitrogen and oxygen atoms in total. The maximum atomic E-state index is 6.02. The molecule has 26 heavy (non-hydrogen) atoms. The molecule has 3 aromatic rings. The summed E-state index contributed by atoms with van der Waals surface area (Å²) in [6.45, 7) is 1.32.